The van der Waals surface area contributed by atoms with E-state index in [0.717, 1.165) is 25.8 Å². The van der Waals surface area contributed by atoms with Crippen molar-refractivity contribution in [1.29, 1.82) is 0 Å². The third-order valence-electron chi connectivity index (χ3n) is 3.09. The highest BCUT2D eigenvalue weighted by atomic mass is 127. The van der Waals surface area contributed by atoms with Gasteiger partial charge < -0.3 is 0 Å². The van der Waals surface area contributed by atoms with Gasteiger partial charge in [0.2, 0.25) is 0 Å². The van der Waals surface area contributed by atoms with Crippen molar-refractivity contribution in [3.05, 3.63) is 0 Å². The summed E-state index contributed by atoms with van der Waals surface area (Å²) in [5, 5.41) is 3.05. The van der Waals surface area contributed by atoms with Crippen LogP contribution < -0.4 is 5.32 Å². The maximum atomic E-state index is 11.8. The van der Waals surface area contributed by atoms with Crippen molar-refractivity contribution in [1.82, 2.24) is 5.32 Å². The molecule has 0 aliphatic carbocycles. The highest BCUT2D eigenvalue weighted by Gasteiger charge is 2.41. The van der Waals surface area contributed by atoms with Gasteiger partial charge in [-0.05, 0) is 54.8 Å². The van der Waals surface area contributed by atoms with Crippen molar-refractivity contribution >= 4 is 34.5 Å². The van der Waals surface area contributed by atoms with Gasteiger partial charge in [-0.3, -0.25) is 5.32 Å². The summed E-state index contributed by atoms with van der Waals surface area (Å²) in [6.45, 7) is 4.70. The Morgan fingerprint density at radius 3 is 2.61 bits per heavy atom. The summed E-state index contributed by atoms with van der Waals surface area (Å²) in [6, 6.07) is 0. The molecule has 1 heterocycles. The number of hydrogen-bond donors (Lipinski definition) is 1. The topological polar surface area (TPSA) is 64.6 Å². The van der Waals surface area contributed by atoms with Gasteiger partial charge in [0.05, 0.1) is 5.92 Å². The van der Waals surface area contributed by atoms with E-state index in [0.29, 0.717) is 12.8 Å². The first-order valence-electron chi connectivity index (χ1n) is 6.40. The number of nitrogens with one attached hydrogen (secondary N) is 1. The third-order valence-corrected chi connectivity index (χ3v) is 4.45. The molecule has 2 atom stereocenters. The second-order valence-corrected chi connectivity index (χ2v) is 6.34. The van der Waals surface area contributed by atoms with E-state index in [-0.39, 0.29) is 5.92 Å². The summed E-state index contributed by atoms with van der Waals surface area (Å²) in [7, 11) is 0. The quantitative estimate of drug-likeness (QED) is 0.265. The maximum Gasteiger partial charge on any atom is 0.385 e. The minimum absolute atomic E-state index is 0.190. The first kappa shape index (κ1) is 15.7. The van der Waals surface area contributed by atoms with Crippen LogP contribution in [0.1, 0.15) is 46.0 Å². The Hall–Kier alpha value is -0.370. The predicted molar refractivity (Wildman–Crippen MR) is 74.9 cm³/mol. The van der Waals surface area contributed by atoms with Crippen LogP contribution in [0.5, 0.6) is 0 Å². The van der Waals surface area contributed by atoms with Gasteiger partial charge in [-0.25, -0.2) is 19.4 Å². The molecule has 0 radical (unpaired) electrons. The monoisotopic (exact) mass is 369 g/mol. The van der Waals surface area contributed by atoms with Crippen LogP contribution in [0.2, 0.25) is 0 Å². The lowest BCUT2D eigenvalue weighted by molar-refractivity contribution is -0.264. The molecule has 104 valence electrons. The van der Waals surface area contributed by atoms with E-state index in [9.17, 15) is 9.59 Å². The van der Waals surface area contributed by atoms with Gasteiger partial charge in [0.15, 0.2) is 3.55 Å². The Morgan fingerprint density at radius 2 is 2.11 bits per heavy atom. The van der Waals surface area contributed by atoms with Gasteiger partial charge in [-0.2, -0.15) is 0 Å². The SMILES string of the molecule is CCCC(CC)C(=O)OOC(=O)C1(I)CCCN1. The zero-order valence-corrected chi connectivity index (χ0v) is 13.0. The molecule has 1 saturated heterocycles. The zero-order chi connectivity index (χ0) is 13.6. The molecule has 0 aromatic rings. The normalized spacial score (nSPS) is 24.6. The smallest absolute Gasteiger partial charge is 0.294 e. The van der Waals surface area contributed by atoms with E-state index in [4.69, 9.17) is 0 Å². The predicted octanol–water partition coefficient (Wildman–Crippen LogP) is 2.33. The molecule has 0 spiro atoms. The van der Waals surface area contributed by atoms with Crippen LogP contribution in [0.15, 0.2) is 0 Å². The highest BCUT2D eigenvalue weighted by molar-refractivity contribution is 14.1. The first-order valence-corrected chi connectivity index (χ1v) is 7.48. The summed E-state index contributed by atoms with van der Waals surface area (Å²) < 4.78 is -0.746. The lowest BCUT2D eigenvalue weighted by Gasteiger charge is -2.19. The summed E-state index contributed by atoms with van der Waals surface area (Å²) in [5.74, 6) is -1.17. The molecule has 0 amide bonds. The molecule has 1 aliphatic rings. The van der Waals surface area contributed by atoms with Gasteiger partial charge in [0, 0.05) is 0 Å². The lowest BCUT2D eigenvalue weighted by Crippen LogP contribution is -2.43. The van der Waals surface area contributed by atoms with Crippen molar-refractivity contribution in [3.8, 4) is 0 Å². The molecule has 18 heavy (non-hydrogen) atoms. The van der Waals surface area contributed by atoms with Crippen LogP contribution in [0, 0.1) is 5.92 Å². The minimum Gasteiger partial charge on any atom is -0.294 e. The summed E-state index contributed by atoms with van der Waals surface area (Å²) in [4.78, 5) is 32.8. The molecule has 1 N–H and O–H groups in total. The van der Waals surface area contributed by atoms with Crippen LogP contribution in [0.3, 0.4) is 0 Å². The zero-order valence-electron chi connectivity index (χ0n) is 10.8. The Bertz CT molecular complexity index is 302. The van der Waals surface area contributed by atoms with Crippen molar-refractivity contribution in [3.63, 3.8) is 0 Å². The summed E-state index contributed by atoms with van der Waals surface area (Å²) >= 11 is 2.00. The van der Waals surface area contributed by atoms with Crippen molar-refractivity contribution in [2.75, 3.05) is 6.54 Å². The summed E-state index contributed by atoms with van der Waals surface area (Å²) in [6.07, 6.45) is 3.95. The number of alkyl halides is 1. The minimum atomic E-state index is -0.746. The maximum absolute atomic E-state index is 11.8. The fraction of sp³-hybridized carbons (Fsp3) is 0.833. The molecule has 0 saturated carbocycles. The lowest BCUT2D eigenvalue weighted by atomic mass is 10.0. The van der Waals surface area contributed by atoms with Gasteiger partial charge >= 0.3 is 11.9 Å². The van der Waals surface area contributed by atoms with Gasteiger partial charge in [-0.1, -0.05) is 20.3 Å². The van der Waals surface area contributed by atoms with Gasteiger partial charge in [0.1, 0.15) is 0 Å². The molecular formula is C12H20INO4. The molecule has 0 bridgehead atoms. The number of halogens is 1. The second kappa shape index (κ2) is 7.28. The third kappa shape index (κ3) is 4.08. The van der Waals surface area contributed by atoms with E-state index < -0.39 is 15.5 Å². The van der Waals surface area contributed by atoms with Crippen LogP contribution in [0.4, 0.5) is 0 Å². The standard InChI is InChI=1S/C12H20INO4/c1-3-6-9(4-2)10(15)17-18-11(16)12(13)7-5-8-14-12/h9,14H,3-8H2,1-2H3. The van der Waals surface area contributed by atoms with E-state index in [1.54, 1.807) is 0 Å². The number of carbonyl (C=O) groups is 2. The van der Waals surface area contributed by atoms with Crippen molar-refractivity contribution < 1.29 is 19.4 Å². The molecule has 6 heteroatoms. The average molecular weight is 369 g/mol. The number of hydrogen-bond acceptors (Lipinski definition) is 5. The van der Waals surface area contributed by atoms with E-state index in [1.165, 1.54) is 0 Å². The largest absolute Gasteiger partial charge is 0.385 e. The molecule has 0 aromatic heterocycles. The average Bonchev–Trinajstić information content (AvgIpc) is 2.80. The molecular weight excluding hydrogens is 349 g/mol. The van der Waals surface area contributed by atoms with Crippen LogP contribution in [-0.4, -0.2) is 22.0 Å². The molecule has 1 rings (SSSR count). The second-order valence-electron chi connectivity index (χ2n) is 4.50. The number of carbonyl (C=O) groups excluding carboxylic acids is 2. The van der Waals surface area contributed by atoms with Gasteiger partial charge in [-0.15, -0.1) is 0 Å². The van der Waals surface area contributed by atoms with Crippen molar-refractivity contribution in [2.24, 2.45) is 5.92 Å². The van der Waals surface area contributed by atoms with E-state index in [1.807, 2.05) is 36.4 Å². The first-order chi connectivity index (χ1) is 8.53. The Morgan fingerprint density at radius 1 is 1.39 bits per heavy atom. The van der Waals surface area contributed by atoms with Crippen molar-refractivity contribution in [2.45, 2.75) is 49.5 Å². The fourth-order valence-electron chi connectivity index (χ4n) is 1.93. The summed E-state index contributed by atoms with van der Waals surface area (Å²) in [5.41, 5.74) is 0. The molecule has 0 aromatic carbocycles. The molecule has 2 unspecified atom stereocenters. The molecule has 1 fully saturated rings. The Labute approximate surface area is 121 Å². The number of rotatable bonds is 5. The van der Waals surface area contributed by atoms with Crippen LogP contribution in [0.25, 0.3) is 0 Å². The molecule has 5 nitrogen and oxygen atoms in total. The van der Waals surface area contributed by atoms with Crippen LogP contribution in [-0.2, 0) is 19.4 Å². The van der Waals surface area contributed by atoms with Crippen LogP contribution >= 0.6 is 22.6 Å². The molecule has 1 aliphatic heterocycles. The highest BCUT2D eigenvalue weighted by Crippen LogP contribution is 2.28. The van der Waals surface area contributed by atoms with E-state index in [2.05, 4.69) is 15.1 Å². The Kier molecular flexibility index (Phi) is 6.34. The van der Waals surface area contributed by atoms with Gasteiger partial charge in [0.25, 0.3) is 0 Å². The Balaban J connectivity index is 2.39. The van der Waals surface area contributed by atoms with E-state index >= 15 is 0 Å². The fourth-order valence-corrected chi connectivity index (χ4v) is 2.67.